The zero-order valence-electron chi connectivity index (χ0n) is 18.4. The average molecular weight is 617 g/mol. The summed E-state index contributed by atoms with van der Waals surface area (Å²) in [6.45, 7) is 3.31. The molecule has 7 nitrogen and oxygen atoms in total. The van der Waals surface area contributed by atoms with E-state index in [2.05, 4.69) is 37.0 Å². The first-order valence-electron chi connectivity index (χ1n) is 10.5. The van der Waals surface area contributed by atoms with Gasteiger partial charge in [-0.15, -0.1) is 5.10 Å². The topological polar surface area (TPSA) is 67.5 Å². The summed E-state index contributed by atoms with van der Waals surface area (Å²) in [5, 5.41) is 4.19. The van der Waals surface area contributed by atoms with Crippen molar-refractivity contribution >= 4 is 37.9 Å². The molecule has 1 unspecified atom stereocenters. The second-order valence-electron chi connectivity index (χ2n) is 7.54. The lowest BCUT2D eigenvalue weighted by atomic mass is 10.1. The van der Waals surface area contributed by atoms with Crippen molar-refractivity contribution in [2.24, 2.45) is 0 Å². The van der Waals surface area contributed by atoms with Crippen LogP contribution in [0.3, 0.4) is 0 Å². The second-order valence-corrected chi connectivity index (χ2v) is 10.3. The molecule has 2 atom stereocenters. The van der Waals surface area contributed by atoms with Crippen molar-refractivity contribution in [3.05, 3.63) is 43.2 Å². The maximum atomic E-state index is 15.0. The molecule has 3 rings (SSSR count). The molecule has 0 spiro atoms. The fraction of sp³-hybridized carbons (Fsp3) is 0.524. The minimum absolute atomic E-state index is 0.0297. The smallest absolute Gasteiger partial charge is 0.425 e. The summed E-state index contributed by atoms with van der Waals surface area (Å²) >= 11 is 6.21. The summed E-state index contributed by atoms with van der Waals surface area (Å²) in [6.07, 6.45) is -3.29. The third-order valence-electron chi connectivity index (χ3n) is 5.13. The van der Waals surface area contributed by atoms with Crippen LogP contribution in [0.15, 0.2) is 20.3 Å². The van der Waals surface area contributed by atoms with Crippen molar-refractivity contribution in [1.82, 2.24) is 14.3 Å². The minimum Gasteiger partial charge on any atom is -0.481 e. The van der Waals surface area contributed by atoms with E-state index in [1.807, 2.05) is 0 Å². The molecule has 1 aliphatic rings. The second kappa shape index (κ2) is 11.4. The van der Waals surface area contributed by atoms with Gasteiger partial charge >= 0.3 is 11.9 Å². The van der Waals surface area contributed by atoms with Gasteiger partial charge in [-0.2, -0.15) is 17.9 Å². The lowest BCUT2D eigenvalue weighted by molar-refractivity contribution is -0.189. The Kier molecular flexibility index (Phi) is 8.98. The lowest BCUT2D eigenvalue weighted by Crippen LogP contribution is -2.31. The highest BCUT2D eigenvalue weighted by atomic mass is 79.9. The number of ether oxygens (including phenoxy) is 3. The maximum absolute atomic E-state index is 15.0. The van der Waals surface area contributed by atoms with E-state index in [0.717, 1.165) is 36.6 Å². The van der Waals surface area contributed by atoms with Crippen LogP contribution in [0.5, 0.6) is 5.75 Å². The molecule has 1 aromatic carbocycles. The van der Waals surface area contributed by atoms with Gasteiger partial charge in [-0.3, -0.25) is 4.57 Å². The van der Waals surface area contributed by atoms with E-state index in [4.69, 9.17) is 14.2 Å². The van der Waals surface area contributed by atoms with E-state index in [0.29, 0.717) is 16.4 Å². The maximum Gasteiger partial charge on any atom is 0.425 e. The molecule has 1 aromatic heterocycles. The molecule has 188 valence electrons. The van der Waals surface area contributed by atoms with Crippen LogP contribution >= 0.6 is 31.9 Å². The zero-order valence-corrected chi connectivity index (χ0v) is 21.5. The lowest BCUT2D eigenvalue weighted by Gasteiger charge is -2.22. The van der Waals surface area contributed by atoms with E-state index < -0.39 is 30.1 Å². The molecule has 34 heavy (non-hydrogen) atoms. The molecule has 13 heteroatoms. The molecule has 1 aliphatic heterocycles. The van der Waals surface area contributed by atoms with E-state index in [9.17, 15) is 18.0 Å². The highest BCUT2D eigenvalue weighted by molar-refractivity contribution is 9.28. The number of rotatable bonds is 8. The quantitative estimate of drug-likeness (QED) is 0.359. The number of hydrogen-bond acceptors (Lipinski definition) is 5. The zero-order chi connectivity index (χ0) is 25.0. The largest absolute Gasteiger partial charge is 0.481 e. The van der Waals surface area contributed by atoms with Gasteiger partial charge in [-0.1, -0.05) is 0 Å². The van der Waals surface area contributed by atoms with Crippen LogP contribution in [0.1, 0.15) is 44.5 Å². The molecule has 0 saturated carbocycles. The highest BCUT2D eigenvalue weighted by Crippen LogP contribution is 2.33. The molecular formula is C21H23Br2F4N3O4. The first kappa shape index (κ1) is 26.9. The molecular weight excluding hydrogens is 594 g/mol. The van der Waals surface area contributed by atoms with Gasteiger partial charge in [0, 0.05) is 24.8 Å². The molecule has 2 aromatic rings. The predicted octanol–water partition coefficient (Wildman–Crippen LogP) is 5.65. The van der Waals surface area contributed by atoms with Gasteiger partial charge in [0.1, 0.15) is 23.9 Å². The number of halogens is 6. The fourth-order valence-electron chi connectivity index (χ4n) is 3.34. The van der Waals surface area contributed by atoms with Crippen LogP contribution in [-0.4, -0.2) is 39.5 Å². The third kappa shape index (κ3) is 6.49. The molecule has 0 radical (unpaired) electrons. The Balaban J connectivity index is 2.00. The summed E-state index contributed by atoms with van der Waals surface area (Å²) < 4.78 is 73.1. The Labute approximate surface area is 209 Å². The van der Waals surface area contributed by atoms with Gasteiger partial charge in [0.25, 0.3) is 0 Å². The van der Waals surface area contributed by atoms with Crippen LogP contribution in [0.4, 0.5) is 17.6 Å². The summed E-state index contributed by atoms with van der Waals surface area (Å²) in [5.41, 5.74) is -0.981. The van der Waals surface area contributed by atoms with Gasteiger partial charge in [-0.25, -0.2) is 9.18 Å². The number of hydrogen-bond donors (Lipinski definition) is 0. The van der Waals surface area contributed by atoms with E-state index in [1.165, 1.54) is 10.6 Å². The Morgan fingerprint density at radius 1 is 1.35 bits per heavy atom. The Morgan fingerprint density at radius 3 is 2.68 bits per heavy atom. The van der Waals surface area contributed by atoms with Crippen molar-refractivity contribution < 1.29 is 31.8 Å². The van der Waals surface area contributed by atoms with Crippen molar-refractivity contribution in [2.45, 2.75) is 64.8 Å². The van der Waals surface area contributed by atoms with Crippen LogP contribution < -0.4 is 10.4 Å². The Hall–Kier alpha value is -1.70. The molecule has 0 aliphatic carbocycles. The Morgan fingerprint density at radius 2 is 2.09 bits per heavy atom. The number of benzene rings is 1. The SMILES string of the molecule is CCn1c(COC2CCCCO2)nn(-c2cc(O[C@@H](C)C(F)(F)F)c(C=C(Br)Br)cc2F)c1=O. The van der Waals surface area contributed by atoms with Gasteiger partial charge in [0.2, 0.25) is 0 Å². The molecule has 0 amide bonds. The van der Waals surface area contributed by atoms with Gasteiger partial charge < -0.3 is 14.2 Å². The van der Waals surface area contributed by atoms with Crippen LogP contribution in [0.25, 0.3) is 11.8 Å². The van der Waals surface area contributed by atoms with Crippen molar-refractivity contribution in [2.75, 3.05) is 6.61 Å². The number of nitrogens with zero attached hydrogens (tertiary/aromatic N) is 3. The predicted molar refractivity (Wildman–Crippen MR) is 124 cm³/mol. The van der Waals surface area contributed by atoms with Gasteiger partial charge in [0.05, 0.1) is 3.39 Å². The summed E-state index contributed by atoms with van der Waals surface area (Å²) in [4.78, 5) is 12.9. The first-order chi connectivity index (χ1) is 16.0. The van der Waals surface area contributed by atoms with E-state index in [-0.39, 0.29) is 36.0 Å². The molecule has 2 heterocycles. The molecule has 1 fully saturated rings. The highest BCUT2D eigenvalue weighted by Gasteiger charge is 2.38. The van der Waals surface area contributed by atoms with Crippen molar-refractivity contribution in [1.29, 1.82) is 0 Å². The van der Waals surface area contributed by atoms with Crippen molar-refractivity contribution in [3.63, 3.8) is 0 Å². The standard InChI is InChI=1S/C21H23Br2F4N3O4/c1-3-29-18(11-33-19-6-4-5-7-32-19)28-30(20(29)31)15-10-16(34-12(2)21(25,26)27)13(8-14(15)24)9-17(22)23/h8-10,12,19H,3-7,11H2,1-2H3/t12-,19?/m0/s1. The molecule has 0 N–H and O–H groups in total. The third-order valence-corrected chi connectivity index (χ3v) is 5.59. The van der Waals surface area contributed by atoms with E-state index in [1.54, 1.807) is 6.92 Å². The van der Waals surface area contributed by atoms with Crippen LogP contribution in [0, 0.1) is 5.82 Å². The monoisotopic (exact) mass is 615 g/mol. The van der Waals surface area contributed by atoms with Gasteiger partial charge in [-0.05, 0) is 77.1 Å². The fourth-order valence-corrected chi connectivity index (χ4v) is 3.83. The van der Waals surface area contributed by atoms with Crippen molar-refractivity contribution in [3.8, 4) is 11.4 Å². The van der Waals surface area contributed by atoms with Gasteiger partial charge in [0.15, 0.2) is 18.2 Å². The van der Waals surface area contributed by atoms with Crippen LogP contribution in [-0.2, 0) is 22.6 Å². The van der Waals surface area contributed by atoms with E-state index >= 15 is 4.39 Å². The summed E-state index contributed by atoms with van der Waals surface area (Å²) in [7, 11) is 0. The average Bonchev–Trinajstić information content (AvgIpc) is 3.08. The summed E-state index contributed by atoms with van der Waals surface area (Å²) in [6, 6.07) is 2.00. The molecule has 0 bridgehead atoms. The Bertz CT molecular complexity index is 1090. The minimum atomic E-state index is -4.65. The normalized spacial score (nSPS) is 17.5. The van der Waals surface area contributed by atoms with Crippen LogP contribution in [0.2, 0.25) is 0 Å². The number of alkyl halides is 3. The molecule has 1 saturated heterocycles. The summed E-state index contributed by atoms with van der Waals surface area (Å²) in [5.74, 6) is -0.909. The number of aromatic nitrogens is 3. The first-order valence-corrected chi connectivity index (χ1v) is 12.1.